The molecule has 0 aliphatic rings. The van der Waals surface area contributed by atoms with Crippen LogP contribution < -0.4 is 10.5 Å². The molecule has 0 spiro atoms. The Morgan fingerprint density at radius 1 is 1.16 bits per heavy atom. The van der Waals surface area contributed by atoms with E-state index in [-0.39, 0.29) is 6.04 Å². The predicted octanol–water partition coefficient (Wildman–Crippen LogP) is 3.38. The molecule has 0 aliphatic heterocycles. The van der Waals surface area contributed by atoms with Gasteiger partial charge in [0, 0.05) is 17.8 Å². The third-order valence-corrected chi connectivity index (χ3v) is 3.17. The lowest BCUT2D eigenvalue weighted by Crippen LogP contribution is -2.11. The molecule has 3 heteroatoms. The summed E-state index contributed by atoms with van der Waals surface area (Å²) >= 11 is 0. The molecule has 0 radical (unpaired) electrons. The summed E-state index contributed by atoms with van der Waals surface area (Å²) in [6.07, 6.45) is 0.909. The SMILES string of the molecule is CC[C@@H](N)c1ccc(OCc2ccccc2)nc1C. The molecular formula is C16H20N2O. The topological polar surface area (TPSA) is 48.1 Å². The van der Waals surface area contributed by atoms with Crippen molar-refractivity contribution in [3.8, 4) is 5.88 Å². The summed E-state index contributed by atoms with van der Waals surface area (Å²) in [4.78, 5) is 4.46. The summed E-state index contributed by atoms with van der Waals surface area (Å²) in [5.41, 5.74) is 9.20. The van der Waals surface area contributed by atoms with Gasteiger partial charge in [0.2, 0.25) is 5.88 Å². The van der Waals surface area contributed by atoms with E-state index in [0.717, 1.165) is 23.2 Å². The molecule has 19 heavy (non-hydrogen) atoms. The first kappa shape index (κ1) is 13.6. The van der Waals surface area contributed by atoms with E-state index in [4.69, 9.17) is 10.5 Å². The molecule has 2 aromatic rings. The van der Waals surface area contributed by atoms with Gasteiger partial charge in [0.25, 0.3) is 0 Å². The van der Waals surface area contributed by atoms with Crippen molar-refractivity contribution in [1.29, 1.82) is 0 Å². The summed E-state index contributed by atoms with van der Waals surface area (Å²) < 4.78 is 5.69. The van der Waals surface area contributed by atoms with Gasteiger partial charge >= 0.3 is 0 Å². The van der Waals surface area contributed by atoms with E-state index < -0.39 is 0 Å². The molecule has 0 aliphatic carbocycles. The van der Waals surface area contributed by atoms with Crippen LogP contribution in [0.15, 0.2) is 42.5 Å². The Hall–Kier alpha value is -1.87. The number of pyridine rings is 1. The minimum atomic E-state index is 0.0515. The molecule has 0 saturated heterocycles. The first-order valence-corrected chi connectivity index (χ1v) is 6.60. The van der Waals surface area contributed by atoms with E-state index in [2.05, 4.69) is 11.9 Å². The van der Waals surface area contributed by atoms with E-state index in [1.807, 2.05) is 49.4 Å². The minimum absolute atomic E-state index is 0.0515. The predicted molar refractivity (Wildman–Crippen MR) is 77.0 cm³/mol. The van der Waals surface area contributed by atoms with E-state index >= 15 is 0 Å². The lowest BCUT2D eigenvalue weighted by molar-refractivity contribution is 0.293. The smallest absolute Gasteiger partial charge is 0.213 e. The van der Waals surface area contributed by atoms with Crippen molar-refractivity contribution in [3.63, 3.8) is 0 Å². The largest absolute Gasteiger partial charge is 0.473 e. The van der Waals surface area contributed by atoms with Crippen molar-refractivity contribution in [1.82, 2.24) is 4.98 Å². The van der Waals surface area contributed by atoms with Gasteiger partial charge in [-0.25, -0.2) is 4.98 Å². The highest BCUT2D eigenvalue weighted by atomic mass is 16.5. The average molecular weight is 256 g/mol. The summed E-state index contributed by atoms with van der Waals surface area (Å²) in [5.74, 6) is 0.647. The molecular weight excluding hydrogens is 236 g/mol. The molecule has 2 N–H and O–H groups in total. The van der Waals surface area contributed by atoms with Gasteiger partial charge in [0.15, 0.2) is 0 Å². The van der Waals surface area contributed by atoms with Gasteiger partial charge in [-0.2, -0.15) is 0 Å². The lowest BCUT2D eigenvalue weighted by atomic mass is 10.0. The number of aromatic nitrogens is 1. The number of nitrogens with two attached hydrogens (primary N) is 1. The zero-order valence-corrected chi connectivity index (χ0v) is 11.5. The Kier molecular flexibility index (Phi) is 4.53. The van der Waals surface area contributed by atoms with Crippen LogP contribution in [0.25, 0.3) is 0 Å². The Balaban J connectivity index is 2.04. The van der Waals surface area contributed by atoms with E-state index in [9.17, 15) is 0 Å². The second kappa shape index (κ2) is 6.34. The summed E-state index contributed by atoms with van der Waals surface area (Å²) in [5, 5.41) is 0. The van der Waals surface area contributed by atoms with Gasteiger partial charge in [-0.15, -0.1) is 0 Å². The Morgan fingerprint density at radius 3 is 2.53 bits per heavy atom. The highest BCUT2D eigenvalue weighted by molar-refractivity contribution is 5.27. The van der Waals surface area contributed by atoms with E-state index in [1.54, 1.807) is 0 Å². The van der Waals surface area contributed by atoms with Crippen molar-refractivity contribution in [3.05, 3.63) is 59.3 Å². The number of rotatable bonds is 5. The Labute approximate surface area is 114 Å². The van der Waals surface area contributed by atoms with Crippen molar-refractivity contribution in [2.24, 2.45) is 5.73 Å². The van der Waals surface area contributed by atoms with Gasteiger partial charge in [-0.1, -0.05) is 43.3 Å². The van der Waals surface area contributed by atoms with E-state index in [1.165, 1.54) is 0 Å². The minimum Gasteiger partial charge on any atom is -0.473 e. The third kappa shape index (κ3) is 3.55. The van der Waals surface area contributed by atoms with Gasteiger partial charge in [-0.05, 0) is 24.5 Å². The maximum Gasteiger partial charge on any atom is 0.213 e. The molecule has 3 nitrogen and oxygen atoms in total. The Morgan fingerprint density at radius 2 is 1.89 bits per heavy atom. The number of ether oxygens (including phenoxy) is 1. The molecule has 1 atom stereocenters. The fourth-order valence-corrected chi connectivity index (χ4v) is 1.97. The standard InChI is InChI=1S/C16H20N2O/c1-3-15(17)14-9-10-16(18-12(14)2)19-11-13-7-5-4-6-8-13/h4-10,15H,3,11,17H2,1-2H3/t15-/m1/s1. The first-order chi connectivity index (χ1) is 9.20. The molecule has 0 amide bonds. The van der Waals surface area contributed by atoms with Gasteiger partial charge in [-0.3, -0.25) is 0 Å². The van der Waals surface area contributed by atoms with Crippen LogP contribution in [0.4, 0.5) is 0 Å². The van der Waals surface area contributed by atoms with Crippen molar-refractivity contribution in [2.45, 2.75) is 32.9 Å². The molecule has 0 fully saturated rings. The lowest BCUT2D eigenvalue weighted by Gasteiger charge is -2.13. The van der Waals surface area contributed by atoms with Crippen LogP contribution in [0.3, 0.4) is 0 Å². The summed E-state index contributed by atoms with van der Waals surface area (Å²) in [6.45, 7) is 4.58. The number of hydrogen-bond donors (Lipinski definition) is 1. The van der Waals surface area contributed by atoms with Gasteiger partial charge < -0.3 is 10.5 Å². The Bertz CT molecular complexity index is 526. The van der Waals surface area contributed by atoms with Crippen LogP contribution in [-0.2, 0) is 6.61 Å². The van der Waals surface area contributed by atoms with Crippen molar-refractivity contribution >= 4 is 0 Å². The number of nitrogens with zero attached hydrogens (tertiary/aromatic N) is 1. The molecule has 1 aromatic carbocycles. The molecule has 1 aromatic heterocycles. The normalized spacial score (nSPS) is 12.2. The number of benzene rings is 1. The summed E-state index contributed by atoms with van der Waals surface area (Å²) in [7, 11) is 0. The monoisotopic (exact) mass is 256 g/mol. The highest BCUT2D eigenvalue weighted by Gasteiger charge is 2.09. The van der Waals surface area contributed by atoms with Gasteiger partial charge in [0.05, 0.1) is 0 Å². The maximum absolute atomic E-state index is 6.03. The molecule has 0 bridgehead atoms. The van der Waals surface area contributed by atoms with Crippen LogP contribution in [-0.4, -0.2) is 4.98 Å². The van der Waals surface area contributed by atoms with Crippen molar-refractivity contribution < 1.29 is 4.74 Å². The van der Waals surface area contributed by atoms with Crippen LogP contribution in [0, 0.1) is 6.92 Å². The highest BCUT2D eigenvalue weighted by Crippen LogP contribution is 2.20. The quantitative estimate of drug-likeness (QED) is 0.892. The zero-order chi connectivity index (χ0) is 13.7. The molecule has 0 saturated carbocycles. The second-order valence-corrected chi connectivity index (χ2v) is 4.61. The van der Waals surface area contributed by atoms with Crippen LogP contribution >= 0.6 is 0 Å². The van der Waals surface area contributed by atoms with Crippen LogP contribution in [0.5, 0.6) is 5.88 Å². The van der Waals surface area contributed by atoms with Crippen LogP contribution in [0.1, 0.15) is 36.2 Å². The molecule has 100 valence electrons. The molecule has 2 rings (SSSR count). The third-order valence-electron chi connectivity index (χ3n) is 3.17. The zero-order valence-electron chi connectivity index (χ0n) is 11.5. The van der Waals surface area contributed by atoms with Crippen LogP contribution in [0.2, 0.25) is 0 Å². The first-order valence-electron chi connectivity index (χ1n) is 6.60. The number of hydrogen-bond acceptors (Lipinski definition) is 3. The van der Waals surface area contributed by atoms with Gasteiger partial charge in [0.1, 0.15) is 6.61 Å². The second-order valence-electron chi connectivity index (χ2n) is 4.61. The molecule has 0 unspecified atom stereocenters. The van der Waals surface area contributed by atoms with Crippen molar-refractivity contribution in [2.75, 3.05) is 0 Å². The number of aryl methyl sites for hydroxylation is 1. The summed E-state index contributed by atoms with van der Waals surface area (Å²) in [6, 6.07) is 14.0. The fourth-order valence-electron chi connectivity index (χ4n) is 1.97. The van der Waals surface area contributed by atoms with E-state index in [0.29, 0.717) is 12.5 Å². The fraction of sp³-hybridized carbons (Fsp3) is 0.312. The molecule has 1 heterocycles. The average Bonchev–Trinajstić information content (AvgIpc) is 2.45. The maximum atomic E-state index is 6.03.